The van der Waals surface area contributed by atoms with Gasteiger partial charge in [-0.25, -0.2) is 0 Å². The number of carbonyl (C=O) groups excluding carboxylic acids is 1. The highest BCUT2D eigenvalue weighted by atomic mass is 127. The third-order valence-electron chi connectivity index (χ3n) is 4.81. The first-order valence-electron chi connectivity index (χ1n) is 9.64. The van der Waals surface area contributed by atoms with Crippen LogP contribution in [0.5, 0.6) is 0 Å². The highest BCUT2D eigenvalue weighted by molar-refractivity contribution is 14.0. The third-order valence-corrected chi connectivity index (χ3v) is 4.81. The van der Waals surface area contributed by atoms with Crippen LogP contribution in [0.15, 0.2) is 29.3 Å². The van der Waals surface area contributed by atoms with E-state index in [2.05, 4.69) is 40.9 Å². The fourth-order valence-electron chi connectivity index (χ4n) is 3.14. The van der Waals surface area contributed by atoms with Gasteiger partial charge in [-0.3, -0.25) is 9.79 Å². The van der Waals surface area contributed by atoms with E-state index in [1.54, 1.807) is 7.05 Å². The van der Waals surface area contributed by atoms with Crippen LogP contribution in [0.2, 0.25) is 0 Å². The topological polar surface area (TPSA) is 68.8 Å². The minimum Gasteiger partial charge on any atom is -0.357 e. The minimum atomic E-state index is -0.0483. The summed E-state index contributed by atoms with van der Waals surface area (Å²) in [7, 11) is 3.84. The molecule has 3 N–H and O–H groups in total. The zero-order chi connectivity index (χ0) is 18.8. The van der Waals surface area contributed by atoms with Crippen LogP contribution in [-0.4, -0.2) is 63.6 Å². The number of piperidine rings is 1. The van der Waals surface area contributed by atoms with Crippen molar-refractivity contribution >= 4 is 35.8 Å². The van der Waals surface area contributed by atoms with E-state index in [1.807, 2.05) is 18.2 Å². The Morgan fingerprint density at radius 3 is 2.67 bits per heavy atom. The molecule has 6 nitrogen and oxygen atoms in total. The molecule has 0 unspecified atom stereocenters. The molecule has 2 rings (SSSR count). The molecule has 1 saturated heterocycles. The monoisotopic (exact) mass is 487 g/mol. The third kappa shape index (κ3) is 8.47. The molecular formula is C20H34IN5O. The lowest BCUT2D eigenvalue weighted by Gasteiger charge is -2.28. The van der Waals surface area contributed by atoms with Crippen LogP contribution < -0.4 is 16.0 Å². The molecule has 0 atom stereocenters. The normalized spacial score (nSPS) is 15.7. The van der Waals surface area contributed by atoms with Gasteiger partial charge in [0.2, 0.25) is 0 Å². The molecule has 1 amide bonds. The van der Waals surface area contributed by atoms with Crippen molar-refractivity contribution in [3.63, 3.8) is 0 Å². The van der Waals surface area contributed by atoms with E-state index in [4.69, 9.17) is 4.99 Å². The van der Waals surface area contributed by atoms with E-state index >= 15 is 0 Å². The van der Waals surface area contributed by atoms with Crippen molar-refractivity contribution in [2.24, 2.45) is 10.9 Å². The summed E-state index contributed by atoms with van der Waals surface area (Å²) in [4.78, 5) is 18.9. The van der Waals surface area contributed by atoms with E-state index in [0.717, 1.165) is 37.6 Å². The second-order valence-corrected chi connectivity index (χ2v) is 6.92. The van der Waals surface area contributed by atoms with Crippen LogP contribution in [0.4, 0.5) is 0 Å². The van der Waals surface area contributed by atoms with E-state index in [0.29, 0.717) is 11.5 Å². The molecule has 0 spiro atoms. The zero-order valence-electron chi connectivity index (χ0n) is 16.8. The lowest BCUT2D eigenvalue weighted by Crippen LogP contribution is -2.39. The molecule has 0 radical (unpaired) electrons. The van der Waals surface area contributed by atoms with Gasteiger partial charge < -0.3 is 20.9 Å². The summed E-state index contributed by atoms with van der Waals surface area (Å²) in [6.45, 7) is 6.95. The number of likely N-dealkylation sites (tertiary alicyclic amines) is 1. The number of nitrogens with one attached hydrogen (secondary N) is 3. The maximum absolute atomic E-state index is 11.7. The molecule has 1 heterocycles. The first-order valence-corrected chi connectivity index (χ1v) is 9.64. The molecule has 1 aliphatic heterocycles. The van der Waals surface area contributed by atoms with Gasteiger partial charge in [-0.1, -0.05) is 12.1 Å². The van der Waals surface area contributed by atoms with E-state index in [9.17, 15) is 4.79 Å². The molecular weight excluding hydrogens is 453 g/mol. The number of guanidine groups is 1. The standard InChI is InChI=1S/C20H33N5O.HI/c1-4-22-20(24-15-17-9-12-25(3)13-10-17)23-11-8-16-6-5-7-18(14-16)19(26)21-2;/h5-7,14,17H,4,8-13,15H2,1-3H3,(H,21,26)(H2,22,23,24);1H. The molecule has 0 saturated carbocycles. The maximum Gasteiger partial charge on any atom is 0.251 e. The van der Waals surface area contributed by atoms with Crippen molar-refractivity contribution in [1.82, 2.24) is 20.9 Å². The van der Waals surface area contributed by atoms with Crippen molar-refractivity contribution in [2.75, 3.05) is 46.8 Å². The molecule has 27 heavy (non-hydrogen) atoms. The number of amides is 1. The first kappa shape index (κ1) is 23.7. The molecule has 0 bridgehead atoms. The first-order chi connectivity index (χ1) is 12.6. The summed E-state index contributed by atoms with van der Waals surface area (Å²) in [6.07, 6.45) is 3.31. The van der Waals surface area contributed by atoms with Crippen molar-refractivity contribution in [3.05, 3.63) is 35.4 Å². The fraction of sp³-hybridized carbons (Fsp3) is 0.600. The average molecular weight is 487 g/mol. The van der Waals surface area contributed by atoms with Crippen LogP contribution >= 0.6 is 24.0 Å². The molecule has 1 aliphatic rings. The number of hydrogen-bond acceptors (Lipinski definition) is 3. The van der Waals surface area contributed by atoms with Crippen LogP contribution in [0.25, 0.3) is 0 Å². The quantitative estimate of drug-likeness (QED) is 0.313. The second-order valence-electron chi connectivity index (χ2n) is 6.92. The Balaban J connectivity index is 0.00000364. The number of halogens is 1. The minimum absolute atomic E-state index is 0. The van der Waals surface area contributed by atoms with Gasteiger partial charge in [0.25, 0.3) is 5.91 Å². The van der Waals surface area contributed by atoms with Crippen LogP contribution in [-0.2, 0) is 6.42 Å². The Bertz CT molecular complexity index is 600. The van der Waals surface area contributed by atoms with Gasteiger partial charge in [-0.2, -0.15) is 0 Å². The Labute approximate surface area is 180 Å². The van der Waals surface area contributed by atoms with Crippen molar-refractivity contribution in [3.8, 4) is 0 Å². The van der Waals surface area contributed by atoms with Gasteiger partial charge in [-0.05, 0) is 69.9 Å². The summed E-state index contributed by atoms with van der Waals surface area (Å²) in [5.74, 6) is 1.52. The summed E-state index contributed by atoms with van der Waals surface area (Å²) in [6, 6.07) is 7.77. The number of benzene rings is 1. The number of carbonyl (C=O) groups is 1. The molecule has 7 heteroatoms. The highest BCUT2D eigenvalue weighted by Gasteiger charge is 2.16. The number of hydrogen-bond donors (Lipinski definition) is 3. The van der Waals surface area contributed by atoms with E-state index in [-0.39, 0.29) is 29.9 Å². The second kappa shape index (κ2) is 12.9. The molecule has 1 aromatic carbocycles. The van der Waals surface area contributed by atoms with Crippen LogP contribution in [0.3, 0.4) is 0 Å². The van der Waals surface area contributed by atoms with Gasteiger partial charge in [0.05, 0.1) is 0 Å². The van der Waals surface area contributed by atoms with Crippen LogP contribution in [0, 0.1) is 5.92 Å². The molecule has 152 valence electrons. The average Bonchev–Trinajstić information content (AvgIpc) is 2.67. The molecule has 0 aliphatic carbocycles. The zero-order valence-corrected chi connectivity index (χ0v) is 19.1. The molecule has 1 aromatic rings. The maximum atomic E-state index is 11.7. The Kier molecular flexibility index (Phi) is 11.3. The number of nitrogens with zero attached hydrogens (tertiary/aromatic N) is 2. The Morgan fingerprint density at radius 2 is 2.00 bits per heavy atom. The van der Waals surface area contributed by atoms with Gasteiger partial charge in [0, 0.05) is 32.2 Å². The lowest BCUT2D eigenvalue weighted by atomic mass is 9.97. The fourth-order valence-corrected chi connectivity index (χ4v) is 3.14. The number of rotatable bonds is 7. The predicted octanol–water partition coefficient (Wildman–Crippen LogP) is 2.10. The summed E-state index contributed by atoms with van der Waals surface area (Å²) < 4.78 is 0. The molecule has 1 fully saturated rings. The predicted molar refractivity (Wildman–Crippen MR) is 123 cm³/mol. The van der Waals surface area contributed by atoms with Crippen molar-refractivity contribution < 1.29 is 4.79 Å². The van der Waals surface area contributed by atoms with E-state index < -0.39 is 0 Å². The van der Waals surface area contributed by atoms with E-state index in [1.165, 1.54) is 25.9 Å². The summed E-state index contributed by atoms with van der Waals surface area (Å²) >= 11 is 0. The van der Waals surface area contributed by atoms with Crippen LogP contribution in [0.1, 0.15) is 35.7 Å². The Hall–Kier alpha value is -1.35. The SMILES string of the molecule is CCNC(=NCC1CCN(C)CC1)NCCc1cccc(C(=O)NC)c1.I. The highest BCUT2D eigenvalue weighted by Crippen LogP contribution is 2.15. The molecule has 0 aromatic heterocycles. The van der Waals surface area contributed by atoms with Gasteiger partial charge in [0.15, 0.2) is 5.96 Å². The van der Waals surface area contributed by atoms with Crippen molar-refractivity contribution in [1.29, 1.82) is 0 Å². The summed E-state index contributed by atoms with van der Waals surface area (Å²) in [5, 5.41) is 9.39. The Morgan fingerprint density at radius 1 is 1.26 bits per heavy atom. The van der Waals surface area contributed by atoms with Gasteiger partial charge in [0.1, 0.15) is 0 Å². The van der Waals surface area contributed by atoms with Gasteiger partial charge >= 0.3 is 0 Å². The summed E-state index contributed by atoms with van der Waals surface area (Å²) in [5.41, 5.74) is 1.85. The van der Waals surface area contributed by atoms with Crippen molar-refractivity contribution in [2.45, 2.75) is 26.2 Å². The van der Waals surface area contributed by atoms with Gasteiger partial charge in [-0.15, -0.1) is 24.0 Å². The number of aliphatic imine (C=N–C) groups is 1. The lowest BCUT2D eigenvalue weighted by molar-refractivity contribution is 0.0963. The smallest absolute Gasteiger partial charge is 0.251 e. The largest absolute Gasteiger partial charge is 0.357 e.